The van der Waals surface area contributed by atoms with Crippen molar-refractivity contribution in [2.24, 2.45) is 0 Å². The number of ether oxygens (including phenoxy) is 1. The highest BCUT2D eigenvalue weighted by Gasteiger charge is 2.18. The van der Waals surface area contributed by atoms with Crippen LogP contribution in [0.1, 0.15) is 41.7 Å². The summed E-state index contributed by atoms with van der Waals surface area (Å²) in [5.41, 5.74) is 3.68. The SMILES string of the molecule is CC(=O)c1ccc(C(/C=C/Cl)=C/C2=C(C)OC(C)C2)s1. The Hall–Kier alpha value is -1.32. The summed E-state index contributed by atoms with van der Waals surface area (Å²) in [7, 11) is 0. The zero-order valence-corrected chi connectivity index (χ0v) is 13.3. The molecule has 0 N–H and O–H groups in total. The Balaban J connectivity index is 2.36. The van der Waals surface area contributed by atoms with Crippen LogP contribution < -0.4 is 0 Å². The minimum atomic E-state index is 0.0867. The van der Waals surface area contributed by atoms with E-state index in [0.29, 0.717) is 0 Å². The largest absolute Gasteiger partial charge is 0.495 e. The van der Waals surface area contributed by atoms with Crippen molar-refractivity contribution in [3.05, 3.63) is 50.9 Å². The van der Waals surface area contributed by atoms with Gasteiger partial charge in [-0.05, 0) is 56.2 Å². The highest BCUT2D eigenvalue weighted by Crippen LogP contribution is 2.31. The molecule has 2 rings (SSSR count). The van der Waals surface area contributed by atoms with Crippen LogP contribution >= 0.6 is 22.9 Å². The fraction of sp³-hybridized carbons (Fsp3) is 0.312. The number of hydrogen-bond acceptors (Lipinski definition) is 3. The van der Waals surface area contributed by atoms with Crippen LogP contribution in [0.2, 0.25) is 0 Å². The summed E-state index contributed by atoms with van der Waals surface area (Å²) in [4.78, 5) is 13.2. The first-order valence-corrected chi connectivity index (χ1v) is 7.72. The van der Waals surface area contributed by atoms with Crippen LogP contribution in [-0.4, -0.2) is 11.9 Å². The summed E-state index contributed by atoms with van der Waals surface area (Å²) in [6.07, 6.45) is 5.06. The lowest BCUT2D eigenvalue weighted by Crippen LogP contribution is -1.96. The normalized spacial score (nSPS) is 19.8. The molecular weight excluding hydrogens is 292 g/mol. The highest BCUT2D eigenvalue weighted by molar-refractivity contribution is 7.15. The van der Waals surface area contributed by atoms with Crippen molar-refractivity contribution in [3.63, 3.8) is 0 Å². The van der Waals surface area contributed by atoms with Crippen molar-refractivity contribution < 1.29 is 9.53 Å². The molecule has 1 aliphatic heterocycles. The molecule has 4 heteroatoms. The van der Waals surface area contributed by atoms with Gasteiger partial charge in [0.1, 0.15) is 0 Å². The molecule has 20 heavy (non-hydrogen) atoms. The molecule has 0 amide bonds. The van der Waals surface area contributed by atoms with Gasteiger partial charge in [0.2, 0.25) is 0 Å². The summed E-state index contributed by atoms with van der Waals surface area (Å²) in [6, 6.07) is 3.81. The van der Waals surface area contributed by atoms with Gasteiger partial charge in [-0.3, -0.25) is 4.79 Å². The molecule has 0 aromatic carbocycles. The van der Waals surface area contributed by atoms with Crippen molar-refractivity contribution in [1.29, 1.82) is 0 Å². The fourth-order valence-corrected chi connectivity index (χ4v) is 3.21. The minimum Gasteiger partial charge on any atom is -0.495 e. The zero-order valence-electron chi connectivity index (χ0n) is 11.8. The Morgan fingerprint density at radius 1 is 1.45 bits per heavy atom. The Bertz CT molecular complexity index is 608. The lowest BCUT2D eigenvalue weighted by Gasteiger charge is -2.01. The van der Waals surface area contributed by atoms with E-state index in [1.807, 2.05) is 25.1 Å². The third kappa shape index (κ3) is 3.41. The summed E-state index contributed by atoms with van der Waals surface area (Å²) in [5.74, 6) is 1.05. The average molecular weight is 309 g/mol. The lowest BCUT2D eigenvalue weighted by molar-refractivity contribution is 0.102. The summed E-state index contributed by atoms with van der Waals surface area (Å²) >= 11 is 7.22. The first kappa shape index (κ1) is 15.1. The molecule has 2 heterocycles. The topological polar surface area (TPSA) is 26.3 Å². The Morgan fingerprint density at radius 2 is 2.15 bits per heavy atom. The number of halogens is 1. The Morgan fingerprint density at radius 3 is 2.65 bits per heavy atom. The van der Waals surface area contributed by atoms with E-state index >= 15 is 0 Å². The predicted octanol–water partition coefficient (Wildman–Crippen LogP) is 5.17. The molecule has 1 aromatic heterocycles. The molecule has 1 unspecified atom stereocenters. The molecule has 0 fully saturated rings. The number of carbonyl (C=O) groups excluding carboxylic acids is 1. The van der Waals surface area contributed by atoms with E-state index in [-0.39, 0.29) is 11.9 Å². The van der Waals surface area contributed by atoms with E-state index in [4.69, 9.17) is 16.3 Å². The van der Waals surface area contributed by atoms with Gasteiger partial charge in [0.25, 0.3) is 0 Å². The third-order valence-electron chi connectivity index (χ3n) is 3.15. The van der Waals surface area contributed by atoms with Gasteiger partial charge in [-0.25, -0.2) is 0 Å². The van der Waals surface area contributed by atoms with E-state index in [2.05, 4.69) is 13.0 Å². The summed E-state index contributed by atoms with van der Waals surface area (Å²) in [5, 5.41) is 0. The molecular formula is C16H17ClO2S. The fourth-order valence-electron chi connectivity index (χ4n) is 2.17. The Labute approximate surface area is 128 Å². The summed E-state index contributed by atoms with van der Waals surface area (Å²) in [6.45, 7) is 5.61. The van der Waals surface area contributed by atoms with Gasteiger partial charge >= 0.3 is 0 Å². The van der Waals surface area contributed by atoms with Gasteiger partial charge in [0.15, 0.2) is 5.78 Å². The van der Waals surface area contributed by atoms with Crippen molar-refractivity contribution in [2.45, 2.75) is 33.3 Å². The van der Waals surface area contributed by atoms with E-state index in [1.54, 1.807) is 6.92 Å². The number of Topliss-reactive ketones (excluding diaryl/α,β-unsaturated/α-hetero) is 1. The molecule has 0 saturated heterocycles. The van der Waals surface area contributed by atoms with E-state index in [1.165, 1.54) is 22.4 Å². The summed E-state index contributed by atoms with van der Waals surface area (Å²) < 4.78 is 5.66. The molecule has 0 saturated carbocycles. The monoisotopic (exact) mass is 308 g/mol. The second kappa shape index (κ2) is 6.42. The van der Waals surface area contributed by atoms with Crippen LogP contribution in [0.4, 0.5) is 0 Å². The van der Waals surface area contributed by atoms with Gasteiger partial charge in [0.05, 0.1) is 16.7 Å². The quantitative estimate of drug-likeness (QED) is 0.566. The number of carbonyl (C=O) groups is 1. The second-order valence-corrected chi connectivity index (χ2v) is 6.16. The van der Waals surface area contributed by atoms with Crippen LogP contribution in [0.15, 0.2) is 41.2 Å². The van der Waals surface area contributed by atoms with Crippen LogP contribution in [0.25, 0.3) is 5.57 Å². The first-order chi connectivity index (χ1) is 9.51. The van der Waals surface area contributed by atoms with Crippen molar-refractivity contribution in [1.82, 2.24) is 0 Å². The van der Waals surface area contributed by atoms with Crippen LogP contribution in [0.5, 0.6) is 0 Å². The van der Waals surface area contributed by atoms with E-state index in [9.17, 15) is 4.79 Å². The molecule has 0 radical (unpaired) electrons. The zero-order chi connectivity index (χ0) is 14.7. The molecule has 1 aromatic rings. The standard InChI is InChI=1S/C16H17ClO2S/c1-10-8-14(12(3)19-10)9-13(6-7-17)16-5-4-15(20-16)11(2)18/h4-7,9-10H,8H2,1-3H3/b7-6+,13-9+. The Kier molecular flexibility index (Phi) is 4.84. The van der Waals surface area contributed by atoms with Crippen molar-refractivity contribution >= 4 is 34.3 Å². The molecule has 0 bridgehead atoms. The molecule has 0 spiro atoms. The molecule has 1 atom stereocenters. The van der Waals surface area contributed by atoms with Gasteiger partial charge in [-0.2, -0.15) is 0 Å². The first-order valence-electron chi connectivity index (χ1n) is 6.47. The van der Waals surface area contributed by atoms with E-state index in [0.717, 1.165) is 27.5 Å². The van der Waals surface area contributed by atoms with E-state index < -0.39 is 0 Å². The number of rotatable bonds is 4. The smallest absolute Gasteiger partial charge is 0.169 e. The molecule has 1 aliphatic rings. The maximum atomic E-state index is 11.4. The van der Waals surface area contributed by atoms with Gasteiger partial charge < -0.3 is 4.74 Å². The van der Waals surface area contributed by atoms with Gasteiger partial charge in [-0.1, -0.05) is 11.6 Å². The van der Waals surface area contributed by atoms with Gasteiger partial charge in [-0.15, -0.1) is 11.3 Å². The lowest BCUT2D eigenvalue weighted by atomic mass is 10.1. The third-order valence-corrected chi connectivity index (χ3v) is 4.51. The second-order valence-electron chi connectivity index (χ2n) is 4.83. The molecule has 106 valence electrons. The minimum absolute atomic E-state index is 0.0867. The van der Waals surface area contributed by atoms with Crippen molar-refractivity contribution in [2.75, 3.05) is 0 Å². The highest BCUT2D eigenvalue weighted by atomic mass is 35.5. The molecule has 2 nitrogen and oxygen atoms in total. The maximum absolute atomic E-state index is 11.4. The van der Waals surface area contributed by atoms with Crippen LogP contribution in [0, 0.1) is 0 Å². The number of ketones is 1. The number of allylic oxidation sites excluding steroid dienone is 4. The molecule has 0 aliphatic carbocycles. The predicted molar refractivity (Wildman–Crippen MR) is 85.2 cm³/mol. The maximum Gasteiger partial charge on any atom is 0.169 e. The number of thiophene rings is 1. The van der Waals surface area contributed by atoms with Gasteiger partial charge in [0, 0.05) is 16.8 Å². The average Bonchev–Trinajstić information content (AvgIpc) is 2.96. The van der Waals surface area contributed by atoms with Crippen LogP contribution in [0.3, 0.4) is 0 Å². The van der Waals surface area contributed by atoms with Crippen LogP contribution in [-0.2, 0) is 4.74 Å². The van der Waals surface area contributed by atoms with Crippen molar-refractivity contribution in [3.8, 4) is 0 Å². The number of hydrogen-bond donors (Lipinski definition) is 0.